The first-order valence-electron chi connectivity index (χ1n) is 7.22. The van der Waals surface area contributed by atoms with E-state index in [1.54, 1.807) is 18.2 Å². The van der Waals surface area contributed by atoms with Gasteiger partial charge in [-0.05, 0) is 12.1 Å². The summed E-state index contributed by atoms with van der Waals surface area (Å²) >= 11 is 6.02. The van der Waals surface area contributed by atoms with Crippen LogP contribution >= 0.6 is 11.6 Å². The Balaban J connectivity index is 1.48. The number of amides is 1. The van der Waals surface area contributed by atoms with Crippen molar-refractivity contribution in [2.24, 2.45) is 0 Å². The third-order valence-corrected chi connectivity index (χ3v) is 4.34. The Morgan fingerprint density at radius 3 is 2.57 bits per heavy atom. The van der Waals surface area contributed by atoms with Crippen LogP contribution in [0.25, 0.3) is 0 Å². The van der Waals surface area contributed by atoms with Crippen LogP contribution in [0.15, 0.2) is 24.3 Å². The van der Waals surface area contributed by atoms with E-state index >= 15 is 0 Å². The minimum Gasteiger partial charge on any atom is -0.347 e. The predicted octanol–water partition coefficient (Wildman–Crippen LogP) is 1.87. The molecule has 5 nitrogen and oxygen atoms in total. The summed E-state index contributed by atoms with van der Waals surface area (Å²) in [6, 6.07) is 7.06. The maximum Gasteiger partial charge on any atom is 0.253 e. The molecule has 1 aromatic rings. The first kappa shape index (κ1) is 14.8. The van der Waals surface area contributed by atoms with Crippen molar-refractivity contribution in [3.05, 3.63) is 34.9 Å². The lowest BCUT2D eigenvalue weighted by molar-refractivity contribution is -0.185. The van der Waals surface area contributed by atoms with Gasteiger partial charge in [-0.15, -0.1) is 0 Å². The van der Waals surface area contributed by atoms with Crippen LogP contribution in [0.1, 0.15) is 23.2 Å². The number of carbonyl (C=O) groups excluding carboxylic acids is 1. The standard InChI is InChI=1S/C15H19ClN2O3/c16-13-4-2-1-3-12(13)14(19)17-11-18-7-5-15(6-8-18)20-9-10-21-15/h1-4H,5-11H2,(H,17,19). The molecule has 1 N–H and O–H groups in total. The fraction of sp³-hybridized carbons (Fsp3) is 0.533. The summed E-state index contributed by atoms with van der Waals surface area (Å²) in [4.78, 5) is 14.3. The molecule has 2 heterocycles. The quantitative estimate of drug-likeness (QED) is 0.926. The summed E-state index contributed by atoms with van der Waals surface area (Å²) in [6.07, 6.45) is 1.68. The lowest BCUT2D eigenvalue weighted by Gasteiger charge is -2.37. The summed E-state index contributed by atoms with van der Waals surface area (Å²) in [5, 5.41) is 3.38. The third-order valence-electron chi connectivity index (χ3n) is 4.01. The molecule has 2 aliphatic rings. The average Bonchev–Trinajstić information content (AvgIpc) is 2.95. The normalized spacial score (nSPS) is 21.6. The Bertz CT molecular complexity index is 507. The zero-order valence-electron chi connectivity index (χ0n) is 11.8. The van der Waals surface area contributed by atoms with Gasteiger partial charge in [0.2, 0.25) is 0 Å². The second kappa shape index (κ2) is 6.32. The van der Waals surface area contributed by atoms with E-state index in [0.717, 1.165) is 25.9 Å². The maximum absolute atomic E-state index is 12.1. The Morgan fingerprint density at radius 1 is 1.24 bits per heavy atom. The van der Waals surface area contributed by atoms with Crippen LogP contribution < -0.4 is 5.32 Å². The molecule has 0 aliphatic carbocycles. The number of nitrogens with one attached hydrogen (secondary N) is 1. The van der Waals surface area contributed by atoms with E-state index in [2.05, 4.69) is 10.2 Å². The van der Waals surface area contributed by atoms with E-state index in [1.807, 2.05) is 6.07 Å². The molecule has 3 rings (SSSR count). The van der Waals surface area contributed by atoms with Crippen LogP contribution in [0.4, 0.5) is 0 Å². The molecular weight excluding hydrogens is 292 g/mol. The highest BCUT2D eigenvalue weighted by Crippen LogP contribution is 2.30. The van der Waals surface area contributed by atoms with Gasteiger partial charge in [-0.3, -0.25) is 9.69 Å². The van der Waals surface area contributed by atoms with E-state index in [4.69, 9.17) is 21.1 Å². The highest BCUT2D eigenvalue weighted by Gasteiger charge is 2.39. The molecule has 1 spiro atoms. The Kier molecular flexibility index (Phi) is 4.45. The van der Waals surface area contributed by atoms with Gasteiger partial charge in [0.05, 0.1) is 30.5 Å². The zero-order valence-corrected chi connectivity index (χ0v) is 12.6. The summed E-state index contributed by atoms with van der Waals surface area (Å²) in [5.41, 5.74) is 0.509. The first-order chi connectivity index (χ1) is 10.2. The van der Waals surface area contributed by atoms with Crippen molar-refractivity contribution in [1.82, 2.24) is 10.2 Å². The fourth-order valence-electron chi connectivity index (χ4n) is 2.76. The molecule has 0 atom stereocenters. The monoisotopic (exact) mass is 310 g/mol. The molecule has 2 saturated heterocycles. The number of carbonyl (C=O) groups is 1. The van der Waals surface area contributed by atoms with Gasteiger partial charge in [-0.1, -0.05) is 23.7 Å². The van der Waals surface area contributed by atoms with Crippen LogP contribution in [0.5, 0.6) is 0 Å². The van der Waals surface area contributed by atoms with Gasteiger partial charge in [0.15, 0.2) is 5.79 Å². The second-order valence-corrected chi connectivity index (χ2v) is 5.78. The van der Waals surface area contributed by atoms with Crippen molar-refractivity contribution >= 4 is 17.5 Å². The van der Waals surface area contributed by atoms with Gasteiger partial charge in [-0.2, -0.15) is 0 Å². The molecule has 0 bridgehead atoms. The minimum absolute atomic E-state index is 0.144. The van der Waals surface area contributed by atoms with Crippen LogP contribution in [-0.4, -0.2) is 49.6 Å². The number of likely N-dealkylation sites (tertiary alicyclic amines) is 1. The molecule has 0 radical (unpaired) electrons. The Labute approximate surface area is 129 Å². The van der Waals surface area contributed by atoms with Gasteiger partial charge in [0.1, 0.15) is 0 Å². The number of benzene rings is 1. The van der Waals surface area contributed by atoms with Crippen molar-refractivity contribution in [3.8, 4) is 0 Å². The fourth-order valence-corrected chi connectivity index (χ4v) is 2.98. The van der Waals surface area contributed by atoms with Crippen molar-refractivity contribution in [1.29, 1.82) is 0 Å². The number of hydrogen-bond acceptors (Lipinski definition) is 4. The van der Waals surface area contributed by atoms with E-state index < -0.39 is 0 Å². The summed E-state index contributed by atoms with van der Waals surface area (Å²) in [5.74, 6) is -0.516. The lowest BCUT2D eigenvalue weighted by Crippen LogP contribution is -2.48. The highest BCUT2D eigenvalue weighted by atomic mass is 35.5. The van der Waals surface area contributed by atoms with Crippen LogP contribution in [0.3, 0.4) is 0 Å². The van der Waals surface area contributed by atoms with E-state index in [9.17, 15) is 4.79 Å². The molecule has 2 fully saturated rings. The smallest absolute Gasteiger partial charge is 0.253 e. The van der Waals surface area contributed by atoms with Gasteiger partial charge in [0.25, 0.3) is 5.91 Å². The first-order valence-corrected chi connectivity index (χ1v) is 7.59. The van der Waals surface area contributed by atoms with E-state index in [1.165, 1.54) is 0 Å². The zero-order chi connectivity index (χ0) is 14.7. The van der Waals surface area contributed by atoms with Gasteiger partial charge in [0, 0.05) is 25.9 Å². The number of ether oxygens (including phenoxy) is 2. The molecule has 1 amide bonds. The molecule has 0 aromatic heterocycles. The molecule has 0 unspecified atom stereocenters. The number of rotatable bonds is 3. The maximum atomic E-state index is 12.1. The van der Waals surface area contributed by atoms with E-state index in [-0.39, 0.29) is 11.7 Å². The van der Waals surface area contributed by atoms with Crippen molar-refractivity contribution in [3.63, 3.8) is 0 Å². The van der Waals surface area contributed by atoms with Crippen LogP contribution in [0, 0.1) is 0 Å². The SMILES string of the molecule is O=C(NCN1CCC2(CC1)OCCO2)c1ccccc1Cl. The van der Waals surface area contributed by atoms with Gasteiger partial charge < -0.3 is 14.8 Å². The molecule has 1 aromatic carbocycles. The second-order valence-electron chi connectivity index (χ2n) is 5.37. The number of halogens is 1. The van der Waals surface area contributed by atoms with Crippen LogP contribution in [0.2, 0.25) is 5.02 Å². The number of nitrogens with zero attached hydrogens (tertiary/aromatic N) is 1. The molecule has 114 valence electrons. The Hall–Kier alpha value is -1.14. The van der Waals surface area contributed by atoms with E-state index in [0.29, 0.717) is 30.5 Å². The topological polar surface area (TPSA) is 50.8 Å². The molecule has 2 aliphatic heterocycles. The largest absolute Gasteiger partial charge is 0.347 e. The highest BCUT2D eigenvalue weighted by molar-refractivity contribution is 6.33. The van der Waals surface area contributed by atoms with Crippen molar-refractivity contribution < 1.29 is 14.3 Å². The summed E-state index contributed by atoms with van der Waals surface area (Å²) in [7, 11) is 0. The number of piperidine rings is 1. The van der Waals surface area contributed by atoms with Crippen molar-refractivity contribution in [2.45, 2.75) is 18.6 Å². The van der Waals surface area contributed by atoms with Crippen molar-refractivity contribution in [2.75, 3.05) is 33.0 Å². The number of hydrogen-bond donors (Lipinski definition) is 1. The summed E-state index contributed by atoms with van der Waals surface area (Å²) < 4.78 is 11.4. The molecule has 6 heteroatoms. The third kappa shape index (κ3) is 3.37. The molecule has 0 saturated carbocycles. The van der Waals surface area contributed by atoms with Crippen LogP contribution in [-0.2, 0) is 9.47 Å². The minimum atomic E-state index is -0.372. The lowest BCUT2D eigenvalue weighted by atomic mass is 10.0. The summed E-state index contributed by atoms with van der Waals surface area (Å²) in [6.45, 7) is 3.58. The van der Waals surface area contributed by atoms with Gasteiger partial charge in [-0.25, -0.2) is 0 Å². The average molecular weight is 311 g/mol. The Morgan fingerprint density at radius 2 is 1.90 bits per heavy atom. The molecular formula is C15H19ClN2O3. The molecule has 21 heavy (non-hydrogen) atoms. The van der Waals surface area contributed by atoms with Gasteiger partial charge >= 0.3 is 0 Å². The predicted molar refractivity (Wildman–Crippen MR) is 79.2 cm³/mol.